The molecule has 100 valence electrons. The average Bonchev–Trinajstić information content (AvgIpc) is 2.85. The highest BCUT2D eigenvalue weighted by Crippen LogP contribution is 2.21. The Hall–Kier alpha value is -1.61. The molecule has 3 heteroatoms. The lowest BCUT2D eigenvalue weighted by Gasteiger charge is -2.10. The molecule has 2 rings (SSSR count). The molecule has 0 bridgehead atoms. The Labute approximate surface area is 118 Å². The van der Waals surface area contributed by atoms with E-state index in [0.29, 0.717) is 5.92 Å². The topological polar surface area (TPSA) is 29.1 Å². The molecule has 1 atom stereocenters. The number of amides is 1. The van der Waals surface area contributed by atoms with Crippen molar-refractivity contribution < 1.29 is 4.79 Å². The van der Waals surface area contributed by atoms with E-state index in [2.05, 4.69) is 31.3 Å². The van der Waals surface area contributed by atoms with Crippen molar-refractivity contribution in [2.45, 2.75) is 33.1 Å². The lowest BCUT2D eigenvalue weighted by molar-refractivity contribution is 0.103. The highest BCUT2D eigenvalue weighted by atomic mass is 32.1. The summed E-state index contributed by atoms with van der Waals surface area (Å²) in [6.45, 7) is 6.39. The van der Waals surface area contributed by atoms with Crippen molar-refractivity contribution in [2.24, 2.45) is 0 Å². The number of hydrogen-bond acceptors (Lipinski definition) is 2. The number of rotatable bonds is 4. The summed E-state index contributed by atoms with van der Waals surface area (Å²) in [7, 11) is 0. The van der Waals surface area contributed by atoms with Gasteiger partial charge in [0.1, 0.15) is 0 Å². The molecule has 1 aromatic heterocycles. The molecule has 0 aliphatic heterocycles. The second kappa shape index (κ2) is 6.02. The third kappa shape index (κ3) is 3.44. The van der Waals surface area contributed by atoms with Crippen LogP contribution in [-0.2, 0) is 0 Å². The second-order valence-electron chi connectivity index (χ2n) is 4.80. The van der Waals surface area contributed by atoms with E-state index in [1.807, 2.05) is 31.2 Å². The minimum absolute atomic E-state index is 0.0330. The summed E-state index contributed by atoms with van der Waals surface area (Å²) in [5, 5.41) is 2.93. The highest BCUT2D eigenvalue weighted by Gasteiger charge is 2.08. The van der Waals surface area contributed by atoms with Gasteiger partial charge in [0.2, 0.25) is 0 Å². The van der Waals surface area contributed by atoms with Crippen LogP contribution in [0.1, 0.15) is 46.3 Å². The molecule has 1 N–H and O–H groups in total. The maximum Gasteiger partial charge on any atom is 0.265 e. The maximum absolute atomic E-state index is 12.0. The van der Waals surface area contributed by atoms with Gasteiger partial charge in [0, 0.05) is 10.6 Å². The Kier molecular flexibility index (Phi) is 4.38. The molecular weight excluding hydrogens is 254 g/mol. The SMILES string of the molecule is CC[C@H](C)c1ccc(NC(=O)c2ccc(C)s2)cc1. The zero-order valence-corrected chi connectivity index (χ0v) is 12.4. The van der Waals surface area contributed by atoms with Crippen molar-refractivity contribution in [3.05, 3.63) is 51.7 Å². The van der Waals surface area contributed by atoms with E-state index in [1.54, 1.807) is 0 Å². The molecule has 0 aliphatic rings. The standard InChI is InChI=1S/C16H19NOS/c1-4-11(2)13-6-8-14(9-7-13)17-16(18)15-10-5-12(3)19-15/h5-11H,4H2,1-3H3,(H,17,18)/t11-/m0/s1. The first-order valence-corrected chi connectivity index (χ1v) is 7.39. The van der Waals surface area contributed by atoms with E-state index in [1.165, 1.54) is 16.9 Å². The summed E-state index contributed by atoms with van der Waals surface area (Å²) < 4.78 is 0. The molecule has 0 saturated carbocycles. The normalized spacial score (nSPS) is 12.2. The number of aryl methyl sites for hydroxylation is 1. The van der Waals surface area contributed by atoms with Gasteiger partial charge >= 0.3 is 0 Å². The molecule has 1 heterocycles. The predicted molar refractivity (Wildman–Crippen MR) is 82.2 cm³/mol. The van der Waals surface area contributed by atoms with Gasteiger partial charge in [0.25, 0.3) is 5.91 Å². The van der Waals surface area contributed by atoms with Gasteiger partial charge in [0.15, 0.2) is 0 Å². The molecule has 19 heavy (non-hydrogen) atoms. The Balaban J connectivity index is 2.05. The summed E-state index contributed by atoms with van der Waals surface area (Å²) in [4.78, 5) is 13.9. The Bertz CT molecular complexity index is 556. The van der Waals surface area contributed by atoms with Crippen LogP contribution < -0.4 is 5.32 Å². The summed E-state index contributed by atoms with van der Waals surface area (Å²) in [5.41, 5.74) is 2.16. The fraction of sp³-hybridized carbons (Fsp3) is 0.312. The number of anilines is 1. The predicted octanol–water partition coefficient (Wildman–Crippen LogP) is 4.82. The fourth-order valence-electron chi connectivity index (χ4n) is 1.88. The van der Waals surface area contributed by atoms with Crippen LogP contribution in [-0.4, -0.2) is 5.91 Å². The van der Waals surface area contributed by atoms with Crippen LogP contribution in [0.2, 0.25) is 0 Å². The van der Waals surface area contributed by atoms with Crippen LogP contribution in [0.3, 0.4) is 0 Å². The highest BCUT2D eigenvalue weighted by molar-refractivity contribution is 7.14. The molecule has 0 aliphatic carbocycles. The first-order valence-electron chi connectivity index (χ1n) is 6.58. The van der Waals surface area contributed by atoms with E-state index >= 15 is 0 Å². The van der Waals surface area contributed by atoms with Gasteiger partial charge in [0.05, 0.1) is 4.88 Å². The maximum atomic E-state index is 12.0. The van der Waals surface area contributed by atoms with E-state index in [4.69, 9.17) is 0 Å². The lowest BCUT2D eigenvalue weighted by atomic mass is 9.99. The van der Waals surface area contributed by atoms with E-state index in [0.717, 1.165) is 21.9 Å². The quantitative estimate of drug-likeness (QED) is 0.850. The van der Waals surface area contributed by atoms with E-state index < -0.39 is 0 Å². The molecule has 2 aromatic rings. The summed E-state index contributed by atoms with van der Waals surface area (Å²) in [6.07, 6.45) is 1.13. The number of thiophene rings is 1. The van der Waals surface area contributed by atoms with Gasteiger partial charge in [-0.2, -0.15) is 0 Å². The molecule has 0 fully saturated rings. The lowest BCUT2D eigenvalue weighted by Crippen LogP contribution is -2.10. The van der Waals surface area contributed by atoms with Crippen molar-refractivity contribution in [1.82, 2.24) is 0 Å². The second-order valence-corrected chi connectivity index (χ2v) is 6.08. The summed E-state index contributed by atoms with van der Waals surface area (Å²) in [6, 6.07) is 11.9. The molecule has 0 unspecified atom stereocenters. The van der Waals surface area contributed by atoms with Gasteiger partial charge in [-0.1, -0.05) is 26.0 Å². The number of carbonyl (C=O) groups excluding carboxylic acids is 1. The molecule has 0 saturated heterocycles. The van der Waals surface area contributed by atoms with Gasteiger partial charge in [-0.25, -0.2) is 0 Å². The van der Waals surface area contributed by atoms with Crippen LogP contribution in [0.15, 0.2) is 36.4 Å². The van der Waals surface area contributed by atoms with Crippen LogP contribution in [0.4, 0.5) is 5.69 Å². The van der Waals surface area contributed by atoms with Crippen LogP contribution >= 0.6 is 11.3 Å². The number of hydrogen-bond donors (Lipinski definition) is 1. The minimum atomic E-state index is -0.0330. The van der Waals surface area contributed by atoms with Gasteiger partial charge in [-0.3, -0.25) is 4.79 Å². The third-order valence-corrected chi connectivity index (χ3v) is 4.31. The van der Waals surface area contributed by atoms with Crippen LogP contribution in [0.25, 0.3) is 0 Å². The number of carbonyl (C=O) groups is 1. The van der Waals surface area contributed by atoms with Gasteiger partial charge in [-0.05, 0) is 49.1 Å². The summed E-state index contributed by atoms with van der Waals surface area (Å²) in [5.74, 6) is 0.527. The molecule has 2 nitrogen and oxygen atoms in total. The Morgan fingerprint density at radius 2 is 1.89 bits per heavy atom. The first kappa shape index (κ1) is 13.8. The van der Waals surface area contributed by atoms with Crippen molar-refractivity contribution >= 4 is 22.9 Å². The molecule has 1 aromatic carbocycles. The molecule has 1 amide bonds. The largest absolute Gasteiger partial charge is 0.321 e. The summed E-state index contributed by atoms with van der Waals surface area (Å²) >= 11 is 1.51. The van der Waals surface area contributed by atoms with Crippen molar-refractivity contribution in [1.29, 1.82) is 0 Å². The van der Waals surface area contributed by atoms with Gasteiger partial charge < -0.3 is 5.32 Å². The molecular formula is C16H19NOS. The monoisotopic (exact) mass is 273 g/mol. The fourth-order valence-corrected chi connectivity index (χ4v) is 2.64. The molecule has 0 spiro atoms. The Morgan fingerprint density at radius 3 is 2.42 bits per heavy atom. The van der Waals surface area contributed by atoms with Crippen molar-refractivity contribution in [2.75, 3.05) is 5.32 Å². The van der Waals surface area contributed by atoms with Crippen molar-refractivity contribution in [3.8, 4) is 0 Å². The van der Waals surface area contributed by atoms with E-state index in [9.17, 15) is 4.79 Å². The van der Waals surface area contributed by atoms with Crippen LogP contribution in [0.5, 0.6) is 0 Å². The minimum Gasteiger partial charge on any atom is -0.321 e. The molecule has 0 radical (unpaired) electrons. The first-order chi connectivity index (χ1) is 9.10. The van der Waals surface area contributed by atoms with Gasteiger partial charge in [-0.15, -0.1) is 11.3 Å². The Morgan fingerprint density at radius 1 is 1.21 bits per heavy atom. The van der Waals surface area contributed by atoms with Crippen LogP contribution in [0, 0.1) is 6.92 Å². The number of nitrogens with one attached hydrogen (secondary N) is 1. The van der Waals surface area contributed by atoms with Crippen molar-refractivity contribution in [3.63, 3.8) is 0 Å². The van der Waals surface area contributed by atoms with E-state index in [-0.39, 0.29) is 5.91 Å². The zero-order valence-electron chi connectivity index (χ0n) is 11.6. The third-order valence-electron chi connectivity index (χ3n) is 3.31. The number of benzene rings is 1. The smallest absolute Gasteiger partial charge is 0.265 e. The zero-order chi connectivity index (χ0) is 13.8. The average molecular weight is 273 g/mol.